The van der Waals surface area contributed by atoms with Gasteiger partial charge in [-0.15, -0.1) is 0 Å². The van der Waals surface area contributed by atoms with Gasteiger partial charge in [0.2, 0.25) is 0 Å². The topological polar surface area (TPSA) is 96.6 Å². The molecule has 0 aliphatic heterocycles. The highest BCUT2D eigenvalue weighted by molar-refractivity contribution is 5.86. The van der Waals surface area contributed by atoms with E-state index in [0.29, 0.717) is 17.1 Å². The molecule has 0 bridgehead atoms. The van der Waals surface area contributed by atoms with Crippen LogP contribution in [-0.2, 0) is 14.3 Å². The lowest BCUT2D eigenvalue weighted by atomic mass is 9.78. The summed E-state index contributed by atoms with van der Waals surface area (Å²) in [6.07, 6.45) is 5.62. The Morgan fingerprint density at radius 1 is 1.09 bits per heavy atom. The minimum absolute atomic E-state index is 0.432. The number of para-hydroxylation sites is 1. The summed E-state index contributed by atoms with van der Waals surface area (Å²) in [5.74, 6) is -1.82. The second-order valence-corrected chi connectivity index (χ2v) is 10.0. The molecule has 0 saturated heterocycles. The molecule has 2 aromatic rings. The molecule has 0 amide bonds. The highest BCUT2D eigenvalue weighted by Crippen LogP contribution is 2.75. The third-order valence-corrected chi connectivity index (χ3v) is 7.54. The molecule has 0 unspecified atom stereocenters. The molecule has 176 valence electrons. The van der Waals surface area contributed by atoms with Gasteiger partial charge in [0.25, 0.3) is 0 Å². The predicted octanol–water partition coefficient (Wildman–Crippen LogP) is 5.86. The summed E-state index contributed by atoms with van der Waals surface area (Å²) >= 11 is 0. The van der Waals surface area contributed by atoms with Crippen molar-refractivity contribution in [2.24, 2.45) is 16.7 Å². The van der Waals surface area contributed by atoms with Crippen molar-refractivity contribution in [3.05, 3.63) is 72.3 Å². The number of nitriles is 1. The minimum atomic E-state index is -1.38. The van der Waals surface area contributed by atoms with Crippen molar-refractivity contribution in [1.29, 1.82) is 5.26 Å². The first-order valence-corrected chi connectivity index (χ1v) is 11.5. The number of nitrogens with zero attached hydrogens (tertiary/aromatic N) is 1. The molecule has 0 aromatic heterocycles. The molecule has 0 radical (unpaired) electrons. The molecule has 1 N–H and O–H groups in total. The van der Waals surface area contributed by atoms with Gasteiger partial charge < -0.3 is 14.6 Å². The molecule has 6 heteroatoms. The normalized spacial score (nSPS) is 24.9. The summed E-state index contributed by atoms with van der Waals surface area (Å²) in [6.45, 7) is 5.55. The van der Waals surface area contributed by atoms with Gasteiger partial charge in [0.1, 0.15) is 22.5 Å². The Bertz CT molecular complexity index is 1160. The lowest BCUT2D eigenvalue weighted by Crippen LogP contribution is -2.38. The van der Waals surface area contributed by atoms with Gasteiger partial charge in [0.05, 0.1) is 12.0 Å². The maximum Gasteiger partial charge on any atom is 0.330 e. The van der Waals surface area contributed by atoms with Crippen LogP contribution in [0.1, 0.15) is 51.5 Å². The number of carboxylic acids is 1. The fourth-order valence-electron chi connectivity index (χ4n) is 5.36. The molecule has 2 aliphatic rings. The number of hydrogen-bond donors (Lipinski definition) is 1. The van der Waals surface area contributed by atoms with Crippen LogP contribution >= 0.6 is 0 Å². The molecular weight excluding hydrogens is 430 g/mol. The molecule has 2 saturated carbocycles. The maximum atomic E-state index is 12.7. The lowest BCUT2D eigenvalue weighted by Gasteiger charge is -2.37. The largest absolute Gasteiger partial charge is 0.481 e. The number of esters is 1. The fraction of sp³-hybridized carbons (Fsp3) is 0.393. The van der Waals surface area contributed by atoms with Crippen LogP contribution in [-0.4, -0.2) is 22.6 Å². The summed E-state index contributed by atoms with van der Waals surface area (Å²) in [7, 11) is 0. The van der Waals surface area contributed by atoms with Gasteiger partial charge in [-0.05, 0) is 61.4 Å². The van der Waals surface area contributed by atoms with Crippen molar-refractivity contribution in [3.8, 4) is 17.6 Å². The van der Waals surface area contributed by atoms with E-state index in [0.717, 1.165) is 19.3 Å². The second kappa shape index (κ2) is 8.64. The third kappa shape index (κ3) is 3.96. The predicted molar refractivity (Wildman–Crippen MR) is 126 cm³/mol. The summed E-state index contributed by atoms with van der Waals surface area (Å²) in [5.41, 5.74) is -2.00. The van der Waals surface area contributed by atoms with E-state index in [-0.39, 0.29) is 0 Å². The van der Waals surface area contributed by atoms with Crippen LogP contribution in [0.5, 0.6) is 11.5 Å². The van der Waals surface area contributed by atoms with Gasteiger partial charge in [0, 0.05) is 12.0 Å². The number of carbonyl (C=O) groups excluding carboxylic acids is 1. The smallest absolute Gasteiger partial charge is 0.330 e. The van der Waals surface area contributed by atoms with E-state index in [1.807, 2.05) is 51.1 Å². The molecular formula is C28H29NO5. The average Bonchev–Trinajstić information content (AvgIpc) is 3.28. The Balaban J connectivity index is 1.60. The average molecular weight is 460 g/mol. The number of aliphatic carboxylic acids is 1. The summed E-state index contributed by atoms with van der Waals surface area (Å²) in [4.78, 5) is 25.0. The van der Waals surface area contributed by atoms with E-state index in [4.69, 9.17) is 9.47 Å². The Morgan fingerprint density at radius 2 is 1.76 bits per heavy atom. The Kier molecular flexibility index (Phi) is 5.99. The highest BCUT2D eigenvalue weighted by Gasteiger charge is 2.78. The monoisotopic (exact) mass is 459 g/mol. The highest BCUT2D eigenvalue weighted by atomic mass is 16.6. The number of carbonyl (C=O) groups is 2. The van der Waals surface area contributed by atoms with Crippen LogP contribution in [0.3, 0.4) is 0 Å². The van der Waals surface area contributed by atoms with E-state index in [2.05, 4.69) is 6.07 Å². The molecule has 2 aliphatic carbocycles. The molecule has 2 aromatic carbocycles. The standard InChI is InChI=1S/C28H29NO5/c1-26(2)23(13-14-24(30)34-27(3)15-8-16-27)28(26,25(31)32)22(18-29)19-9-7-12-21(17-19)33-20-10-5-4-6-11-20/h4-7,9-14,17,22-23H,8,15-16H2,1-3H3,(H,31,32)/b14-13-/t22-,23-,28+/m0/s1. The SMILES string of the molecule is CC1(OC(=O)/C=C\[C@H]2C(C)(C)[C@]2(C(=O)O)[C@@H](C#N)c2cccc(Oc3ccccc3)c2)CCC1. The van der Waals surface area contributed by atoms with Gasteiger partial charge in [0.15, 0.2) is 0 Å². The van der Waals surface area contributed by atoms with E-state index in [9.17, 15) is 20.0 Å². The maximum absolute atomic E-state index is 12.7. The second-order valence-electron chi connectivity index (χ2n) is 10.0. The van der Waals surface area contributed by atoms with Crippen LogP contribution in [0, 0.1) is 28.1 Å². The Hall–Kier alpha value is -3.59. The molecule has 0 heterocycles. The van der Waals surface area contributed by atoms with Crippen LogP contribution in [0.25, 0.3) is 0 Å². The number of benzene rings is 2. The van der Waals surface area contributed by atoms with Crippen LogP contribution in [0.4, 0.5) is 0 Å². The molecule has 2 fully saturated rings. The number of rotatable bonds is 8. The summed E-state index contributed by atoms with van der Waals surface area (Å²) in [5, 5.41) is 20.5. The van der Waals surface area contributed by atoms with Crippen LogP contribution in [0.2, 0.25) is 0 Å². The zero-order valence-electron chi connectivity index (χ0n) is 19.7. The number of ether oxygens (including phenoxy) is 2. The first-order chi connectivity index (χ1) is 16.1. The summed E-state index contributed by atoms with van der Waals surface area (Å²) < 4.78 is 11.4. The van der Waals surface area contributed by atoms with Crippen molar-refractivity contribution in [2.75, 3.05) is 0 Å². The Morgan fingerprint density at radius 3 is 2.35 bits per heavy atom. The van der Waals surface area contributed by atoms with E-state index >= 15 is 0 Å². The van der Waals surface area contributed by atoms with E-state index < -0.39 is 40.2 Å². The molecule has 6 nitrogen and oxygen atoms in total. The van der Waals surface area contributed by atoms with Crippen molar-refractivity contribution in [3.63, 3.8) is 0 Å². The minimum Gasteiger partial charge on any atom is -0.481 e. The van der Waals surface area contributed by atoms with Crippen molar-refractivity contribution < 1.29 is 24.2 Å². The van der Waals surface area contributed by atoms with Gasteiger partial charge >= 0.3 is 11.9 Å². The van der Waals surface area contributed by atoms with Gasteiger partial charge in [-0.1, -0.05) is 50.3 Å². The van der Waals surface area contributed by atoms with Crippen molar-refractivity contribution >= 4 is 11.9 Å². The lowest BCUT2D eigenvalue weighted by molar-refractivity contribution is -0.160. The molecule has 3 atom stereocenters. The Labute approximate surface area is 199 Å². The van der Waals surface area contributed by atoms with Gasteiger partial charge in [-0.2, -0.15) is 5.26 Å². The van der Waals surface area contributed by atoms with Crippen LogP contribution in [0.15, 0.2) is 66.7 Å². The fourth-order valence-corrected chi connectivity index (χ4v) is 5.36. The summed E-state index contributed by atoms with van der Waals surface area (Å²) in [6, 6.07) is 18.5. The first kappa shape index (κ1) is 23.6. The number of carboxylic acid groups (broad SMARTS) is 1. The van der Waals surface area contributed by atoms with Crippen LogP contribution < -0.4 is 4.74 Å². The van der Waals surface area contributed by atoms with E-state index in [1.54, 1.807) is 30.3 Å². The first-order valence-electron chi connectivity index (χ1n) is 11.5. The zero-order valence-corrected chi connectivity index (χ0v) is 19.7. The molecule has 0 spiro atoms. The van der Waals surface area contributed by atoms with Gasteiger partial charge in [-0.25, -0.2) is 4.79 Å². The third-order valence-electron chi connectivity index (χ3n) is 7.54. The van der Waals surface area contributed by atoms with Gasteiger partial charge in [-0.3, -0.25) is 4.79 Å². The number of allylic oxidation sites excluding steroid dienone is 1. The molecule has 34 heavy (non-hydrogen) atoms. The van der Waals surface area contributed by atoms with Crippen molar-refractivity contribution in [2.45, 2.75) is 51.6 Å². The molecule has 4 rings (SSSR count). The quantitative estimate of drug-likeness (QED) is 0.393. The zero-order chi connectivity index (χ0) is 24.6. The van der Waals surface area contributed by atoms with Crippen molar-refractivity contribution in [1.82, 2.24) is 0 Å². The van der Waals surface area contributed by atoms with E-state index in [1.165, 1.54) is 6.08 Å². The number of hydrogen-bond acceptors (Lipinski definition) is 5.